The first kappa shape index (κ1) is 15.3. The maximum atomic E-state index is 4.69. The van der Waals surface area contributed by atoms with Crippen LogP contribution in [-0.2, 0) is 0 Å². The smallest absolute Gasteiger partial charge is 0.231 e. The second-order valence-electron chi connectivity index (χ2n) is 6.02. The van der Waals surface area contributed by atoms with Crippen LogP contribution in [0.5, 0.6) is 0 Å². The van der Waals surface area contributed by atoms with Crippen LogP contribution in [-0.4, -0.2) is 22.8 Å². The third kappa shape index (κ3) is 3.06. The van der Waals surface area contributed by atoms with E-state index in [4.69, 9.17) is 4.98 Å². The highest BCUT2D eigenvalue weighted by molar-refractivity contribution is 6.35. The minimum atomic E-state index is 0.556. The molecular formula is C19H18BN5. The Labute approximate surface area is 146 Å². The Morgan fingerprint density at radius 2 is 1.64 bits per heavy atom. The van der Waals surface area contributed by atoms with E-state index in [9.17, 15) is 0 Å². The van der Waals surface area contributed by atoms with Gasteiger partial charge >= 0.3 is 0 Å². The van der Waals surface area contributed by atoms with Crippen molar-refractivity contribution in [2.45, 2.75) is 6.92 Å². The molecule has 0 saturated heterocycles. The molecule has 3 N–H and O–H groups in total. The summed E-state index contributed by atoms with van der Waals surface area (Å²) in [6, 6.07) is 18.2. The molecule has 0 aliphatic rings. The van der Waals surface area contributed by atoms with Crippen molar-refractivity contribution in [3.05, 3.63) is 66.4 Å². The summed E-state index contributed by atoms with van der Waals surface area (Å²) in [6.45, 7) is 2.07. The highest BCUT2D eigenvalue weighted by Crippen LogP contribution is 2.26. The molecule has 4 rings (SSSR count). The summed E-state index contributed by atoms with van der Waals surface area (Å²) in [7, 11) is 2.06. The summed E-state index contributed by atoms with van der Waals surface area (Å²) in [5, 5.41) is 7.70. The predicted octanol–water partition coefficient (Wildman–Crippen LogP) is 3.01. The topological polar surface area (TPSA) is 65.6 Å². The van der Waals surface area contributed by atoms with E-state index in [2.05, 4.69) is 47.5 Å². The van der Waals surface area contributed by atoms with E-state index >= 15 is 0 Å². The quantitative estimate of drug-likeness (QED) is 0.504. The van der Waals surface area contributed by atoms with Crippen LogP contribution in [0.15, 0.2) is 60.8 Å². The average molecular weight is 327 g/mol. The van der Waals surface area contributed by atoms with Gasteiger partial charge in [0.2, 0.25) is 5.95 Å². The van der Waals surface area contributed by atoms with Gasteiger partial charge in [-0.15, -0.1) is 0 Å². The fraction of sp³-hybridized carbons (Fsp3) is 0.0526. The van der Waals surface area contributed by atoms with E-state index in [1.807, 2.05) is 48.7 Å². The standard InChI is InChI=1S/C19H18BN5/c1-12-6-2-4-8-15(12)22-18-13-10-11-21-17(13)24-19(25-18)23-16-9-5-3-7-14(16)20/h2-11H,20H2,1H3,(H3,21,22,23,24,25). The molecular weight excluding hydrogens is 309 g/mol. The molecule has 6 heteroatoms. The normalized spacial score (nSPS) is 10.8. The number of H-pyrrole nitrogens is 1. The van der Waals surface area contributed by atoms with E-state index in [-0.39, 0.29) is 0 Å². The maximum absolute atomic E-state index is 4.69. The minimum absolute atomic E-state index is 0.556. The van der Waals surface area contributed by atoms with Gasteiger partial charge in [-0.25, -0.2) is 0 Å². The summed E-state index contributed by atoms with van der Waals surface area (Å²) in [5.41, 5.74) is 5.13. The number of aromatic amines is 1. The van der Waals surface area contributed by atoms with Gasteiger partial charge in [-0.2, -0.15) is 9.97 Å². The number of nitrogens with zero attached hydrogens (tertiary/aromatic N) is 2. The van der Waals surface area contributed by atoms with Crippen LogP contribution in [0.3, 0.4) is 0 Å². The van der Waals surface area contributed by atoms with Gasteiger partial charge in [-0.1, -0.05) is 41.9 Å². The van der Waals surface area contributed by atoms with Gasteiger partial charge in [0.15, 0.2) is 0 Å². The van der Waals surface area contributed by atoms with Gasteiger partial charge < -0.3 is 15.6 Å². The average Bonchev–Trinajstić information content (AvgIpc) is 3.08. The summed E-state index contributed by atoms with van der Waals surface area (Å²) in [4.78, 5) is 12.4. The SMILES string of the molecule is Bc1ccccc1Nc1nc(Nc2ccccc2C)c2cc[nH]c2n1. The van der Waals surface area contributed by atoms with Crippen LogP contribution in [0.4, 0.5) is 23.1 Å². The number of para-hydroxylation sites is 2. The molecule has 0 aliphatic heterocycles. The monoisotopic (exact) mass is 327 g/mol. The van der Waals surface area contributed by atoms with Crippen LogP contribution in [0, 0.1) is 6.92 Å². The Bertz CT molecular complexity index is 1040. The molecule has 25 heavy (non-hydrogen) atoms. The van der Waals surface area contributed by atoms with Crippen molar-refractivity contribution in [2.75, 3.05) is 10.6 Å². The Morgan fingerprint density at radius 3 is 2.44 bits per heavy atom. The lowest BCUT2D eigenvalue weighted by atomic mass is 9.94. The Hall–Kier alpha value is -3.28. The van der Waals surface area contributed by atoms with Gasteiger partial charge in [-0.3, -0.25) is 0 Å². The van der Waals surface area contributed by atoms with E-state index < -0.39 is 0 Å². The first-order chi connectivity index (χ1) is 12.2. The molecule has 0 unspecified atom stereocenters. The highest BCUT2D eigenvalue weighted by atomic mass is 15.2. The zero-order valence-electron chi connectivity index (χ0n) is 14.2. The molecule has 4 aromatic rings. The summed E-state index contributed by atoms with van der Waals surface area (Å²) in [5.74, 6) is 1.33. The van der Waals surface area contributed by atoms with E-state index in [0.717, 1.165) is 33.7 Å². The second kappa shape index (κ2) is 6.32. The molecule has 2 heterocycles. The van der Waals surface area contributed by atoms with E-state index in [1.54, 1.807) is 0 Å². The number of fused-ring (bicyclic) bond motifs is 1. The second-order valence-corrected chi connectivity index (χ2v) is 6.02. The van der Waals surface area contributed by atoms with Gasteiger partial charge in [0.25, 0.3) is 0 Å². The highest BCUT2D eigenvalue weighted by Gasteiger charge is 2.10. The molecule has 0 fully saturated rings. The van der Waals surface area contributed by atoms with Gasteiger partial charge in [-0.05, 0) is 30.7 Å². The van der Waals surface area contributed by atoms with E-state index in [0.29, 0.717) is 5.95 Å². The Balaban J connectivity index is 1.75. The number of aryl methyl sites for hydroxylation is 1. The van der Waals surface area contributed by atoms with Crippen molar-refractivity contribution in [2.24, 2.45) is 0 Å². The first-order valence-electron chi connectivity index (χ1n) is 8.21. The van der Waals surface area contributed by atoms with Crippen molar-refractivity contribution in [1.29, 1.82) is 0 Å². The molecule has 2 aromatic carbocycles. The third-order valence-electron chi connectivity index (χ3n) is 4.21. The largest absolute Gasteiger partial charge is 0.346 e. The molecule has 0 aliphatic carbocycles. The molecule has 2 aromatic heterocycles. The first-order valence-corrected chi connectivity index (χ1v) is 8.21. The Morgan fingerprint density at radius 1 is 0.880 bits per heavy atom. The number of hydrogen-bond donors (Lipinski definition) is 3. The third-order valence-corrected chi connectivity index (χ3v) is 4.21. The molecule has 0 radical (unpaired) electrons. The fourth-order valence-electron chi connectivity index (χ4n) is 2.77. The van der Waals surface area contributed by atoms with Crippen LogP contribution in [0.25, 0.3) is 11.0 Å². The molecule has 122 valence electrons. The maximum Gasteiger partial charge on any atom is 0.231 e. The van der Waals surface area contributed by atoms with Gasteiger partial charge in [0.05, 0.1) is 5.39 Å². The predicted molar refractivity (Wildman–Crippen MR) is 106 cm³/mol. The molecule has 0 amide bonds. The van der Waals surface area contributed by atoms with Crippen LogP contribution in [0.2, 0.25) is 0 Å². The van der Waals surface area contributed by atoms with Gasteiger partial charge in [0.1, 0.15) is 19.3 Å². The van der Waals surface area contributed by atoms with Crippen LogP contribution >= 0.6 is 0 Å². The molecule has 5 nitrogen and oxygen atoms in total. The minimum Gasteiger partial charge on any atom is -0.346 e. The van der Waals surface area contributed by atoms with Crippen molar-refractivity contribution < 1.29 is 0 Å². The molecule has 0 spiro atoms. The number of hydrogen-bond acceptors (Lipinski definition) is 4. The van der Waals surface area contributed by atoms with Crippen molar-refractivity contribution in [3.8, 4) is 0 Å². The number of nitrogens with one attached hydrogen (secondary N) is 3. The Kier molecular flexibility index (Phi) is 3.86. The van der Waals surface area contributed by atoms with Crippen LogP contribution in [0.1, 0.15) is 5.56 Å². The van der Waals surface area contributed by atoms with Crippen molar-refractivity contribution >= 4 is 47.5 Å². The fourth-order valence-corrected chi connectivity index (χ4v) is 2.77. The van der Waals surface area contributed by atoms with Crippen molar-refractivity contribution in [3.63, 3.8) is 0 Å². The van der Waals surface area contributed by atoms with Crippen molar-refractivity contribution in [1.82, 2.24) is 15.0 Å². The number of benzene rings is 2. The summed E-state index contributed by atoms with van der Waals surface area (Å²) >= 11 is 0. The summed E-state index contributed by atoms with van der Waals surface area (Å²) < 4.78 is 0. The van der Waals surface area contributed by atoms with E-state index in [1.165, 1.54) is 5.56 Å². The number of rotatable bonds is 4. The van der Waals surface area contributed by atoms with Crippen LogP contribution < -0.4 is 16.1 Å². The molecule has 0 saturated carbocycles. The molecule has 0 bridgehead atoms. The summed E-state index contributed by atoms with van der Waals surface area (Å²) in [6.07, 6.45) is 1.87. The lowest BCUT2D eigenvalue weighted by Gasteiger charge is -2.12. The molecule has 0 atom stereocenters. The lowest BCUT2D eigenvalue weighted by molar-refractivity contribution is 1.19. The zero-order valence-corrected chi connectivity index (χ0v) is 14.2. The lowest BCUT2D eigenvalue weighted by Crippen LogP contribution is -2.11. The zero-order chi connectivity index (χ0) is 17.2. The number of aromatic nitrogens is 3. The van der Waals surface area contributed by atoms with Gasteiger partial charge in [0, 0.05) is 17.6 Å². The number of anilines is 4.